The highest BCUT2D eigenvalue weighted by Crippen LogP contribution is 2.43. The Hall–Kier alpha value is -1.86. The largest absolute Gasteiger partial charge is 0.392 e. The van der Waals surface area contributed by atoms with Crippen LogP contribution in [0.2, 0.25) is 0 Å². The molecule has 2 aromatic rings. The van der Waals surface area contributed by atoms with Crippen LogP contribution in [0.15, 0.2) is 66.2 Å². The normalized spacial score (nSPS) is 24.8. The van der Waals surface area contributed by atoms with Crippen LogP contribution in [-0.4, -0.2) is 11.2 Å². The van der Waals surface area contributed by atoms with Crippen molar-refractivity contribution in [2.75, 3.05) is 0 Å². The van der Waals surface area contributed by atoms with E-state index in [0.717, 1.165) is 6.42 Å². The van der Waals surface area contributed by atoms with Crippen LogP contribution in [0.1, 0.15) is 23.5 Å². The Balaban J connectivity index is 1.89. The standard InChI is InChI=1S/C17H16O/c18-16-12-15(11-13-7-3-1-4-8-13)17(16)14-9-5-2-6-10-14/h1-11,16-18H,12H2/b15-11+/t16-,17-/m0/s1. The van der Waals surface area contributed by atoms with Crippen LogP contribution in [0.5, 0.6) is 0 Å². The number of aliphatic hydroxyl groups is 1. The molecule has 3 rings (SSSR count). The Kier molecular flexibility index (Phi) is 2.99. The van der Waals surface area contributed by atoms with Crippen molar-refractivity contribution < 1.29 is 5.11 Å². The summed E-state index contributed by atoms with van der Waals surface area (Å²) in [5, 5.41) is 9.97. The van der Waals surface area contributed by atoms with Gasteiger partial charge in [-0.05, 0) is 17.5 Å². The molecule has 18 heavy (non-hydrogen) atoms. The minimum absolute atomic E-state index is 0.173. The van der Waals surface area contributed by atoms with Crippen molar-refractivity contribution in [2.24, 2.45) is 0 Å². The second-order valence-corrected chi connectivity index (χ2v) is 4.79. The molecule has 2 atom stereocenters. The molecule has 1 heteroatoms. The van der Waals surface area contributed by atoms with Gasteiger partial charge in [-0.1, -0.05) is 72.3 Å². The average molecular weight is 236 g/mol. The molecule has 90 valence electrons. The molecule has 1 nitrogen and oxygen atoms in total. The van der Waals surface area contributed by atoms with Crippen molar-refractivity contribution in [1.29, 1.82) is 0 Å². The lowest BCUT2D eigenvalue weighted by Crippen LogP contribution is -2.31. The third kappa shape index (κ3) is 2.09. The first-order chi connectivity index (χ1) is 8.84. The maximum atomic E-state index is 9.97. The van der Waals surface area contributed by atoms with Gasteiger partial charge in [-0.3, -0.25) is 0 Å². The molecule has 0 spiro atoms. The summed E-state index contributed by atoms with van der Waals surface area (Å²) in [4.78, 5) is 0. The summed E-state index contributed by atoms with van der Waals surface area (Å²) in [5.41, 5.74) is 3.73. The average Bonchev–Trinajstić information content (AvgIpc) is 2.40. The van der Waals surface area contributed by atoms with Gasteiger partial charge in [0.15, 0.2) is 0 Å². The van der Waals surface area contributed by atoms with Gasteiger partial charge in [0.05, 0.1) is 6.10 Å². The summed E-state index contributed by atoms with van der Waals surface area (Å²) >= 11 is 0. The molecule has 1 aliphatic rings. The lowest BCUT2D eigenvalue weighted by Gasteiger charge is -2.36. The Morgan fingerprint density at radius 2 is 1.50 bits per heavy atom. The zero-order valence-corrected chi connectivity index (χ0v) is 10.2. The third-order valence-corrected chi connectivity index (χ3v) is 3.54. The molecular weight excluding hydrogens is 220 g/mol. The zero-order chi connectivity index (χ0) is 12.4. The maximum Gasteiger partial charge on any atom is 0.0683 e. The quantitative estimate of drug-likeness (QED) is 0.844. The summed E-state index contributed by atoms with van der Waals surface area (Å²) in [6, 6.07) is 20.5. The van der Waals surface area contributed by atoms with Gasteiger partial charge in [-0.15, -0.1) is 0 Å². The van der Waals surface area contributed by atoms with Crippen molar-refractivity contribution in [3.8, 4) is 0 Å². The molecule has 1 aliphatic carbocycles. The van der Waals surface area contributed by atoms with E-state index in [4.69, 9.17) is 0 Å². The van der Waals surface area contributed by atoms with E-state index in [1.54, 1.807) is 0 Å². The lowest BCUT2D eigenvalue weighted by atomic mass is 9.71. The Morgan fingerprint density at radius 3 is 2.11 bits per heavy atom. The molecule has 0 heterocycles. The second kappa shape index (κ2) is 4.79. The van der Waals surface area contributed by atoms with Gasteiger partial charge in [-0.2, -0.15) is 0 Å². The van der Waals surface area contributed by atoms with E-state index >= 15 is 0 Å². The molecule has 0 radical (unpaired) electrons. The maximum absolute atomic E-state index is 9.97. The minimum atomic E-state index is -0.234. The van der Waals surface area contributed by atoms with Crippen LogP contribution >= 0.6 is 0 Å². The van der Waals surface area contributed by atoms with Gasteiger partial charge in [0, 0.05) is 5.92 Å². The topological polar surface area (TPSA) is 20.2 Å². The van der Waals surface area contributed by atoms with Crippen molar-refractivity contribution in [2.45, 2.75) is 18.4 Å². The van der Waals surface area contributed by atoms with E-state index in [0.29, 0.717) is 0 Å². The van der Waals surface area contributed by atoms with Crippen LogP contribution < -0.4 is 0 Å². The van der Waals surface area contributed by atoms with E-state index in [1.807, 2.05) is 36.4 Å². The monoisotopic (exact) mass is 236 g/mol. The van der Waals surface area contributed by atoms with Gasteiger partial charge >= 0.3 is 0 Å². The van der Waals surface area contributed by atoms with Gasteiger partial charge in [0.2, 0.25) is 0 Å². The van der Waals surface area contributed by atoms with E-state index in [9.17, 15) is 5.11 Å². The van der Waals surface area contributed by atoms with Gasteiger partial charge in [-0.25, -0.2) is 0 Å². The van der Waals surface area contributed by atoms with Crippen LogP contribution in [0, 0.1) is 0 Å². The number of benzene rings is 2. The molecule has 0 bridgehead atoms. The Morgan fingerprint density at radius 1 is 0.889 bits per heavy atom. The second-order valence-electron chi connectivity index (χ2n) is 4.79. The number of aliphatic hydroxyl groups excluding tert-OH is 1. The SMILES string of the molecule is O[C@H]1C/C(=C\c2ccccc2)[C@@H]1c1ccccc1. The predicted octanol–water partition coefficient (Wildman–Crippen LogP) is 3.62. The van der Waals surface area contributed by atoms with Gasteiger partial charge < -0.3 is 5.11 Å². The molecule has 0 amide bonds. The fraction of sp³-hybridized carbons (Fsp3) is 0.176. The minimum Gasteiger partial charge on any atom is -0.392 e. The number of rotatable bonds is 2. The van der Waals surface area contributed by atoms with Gasteiger partial charge in [0.25, 0.3) is 0 Å². The smallest absolute Gasteiger partial charge is 0.0683 e. The first-order valence-corrected chi connectivity index (χ1v) is 6.33. The third-order valence-electron chi connectivity index (χ3n) is 3.54. The van der Waals surface area contributed by atoms with E-state index in [1.165, 1.54) is 16.7 Å². The molecule has 0 saturated heterocycles. The van der Waals surface area contributed by atoms with E-state index in [2.05, 4.69) is 30.3 Å². The lowest BCUT2D eigenvalue weighted by molar-refractivity contribution is 0.112. The molecule has 0 aromatic heterocycles. The van der Waals surface area contributed by atoms with Crippen LogP contribution in [0.25, 0.3) is 6.08 Å². The first kappa shape index (κ1) is 11.2. The summed E-state index contributed by atoms with van der Waals surface area (Å²) < 4.78 is 0. The fourth-order valence-electron chi connectivity index (χ4n) is 2.58. The van der Waals surface area contributed by atoms with Gasteiger partial charge in [0.1, 0.15) is 0 Å². The zero-order valence-electron chi connectivity index (χ0n) is 10.2. The molecule has 1 fully saturated rings. The van der Waals surface area contributed by atoms with Crippen LogP contribution in [0.4, 0.5) is 0 Å². The molecule has 1 N–H and O–H groups in total. The number of hydrogen-bond donors (Lipinski definition) is 1. The molecule has 0 aliphatic heterocycles. The molecular formula is C17H16O. The summed E-state index contributed by atoms with van der Waals surface area (Å²) in [6.07, 6.45) is 2.75. The molecule has 2 aromatic carbocycles. The highest BCUT2D eigenvalue weighted by atomic mass is 16.3. The number of hydrogen-bond acceptors (Lipinski definition) is 1. The van der Waals surface area contributed by atoms with Crippen molar-refractivity contribution >= 4 is 6.08 Å². The molecule has 0 unspecified atom stereocenters. The molecule has 1 saturated carbocycles. The highest BCUT2D eigenvalue weighted by Gasteiger charge is 2.35. The predicted molar refractivity (Wildman–Crippen MR) is 74.2 cm³/mol. The fourth-order valence-corrected chi connectivity index (χ4v) is 2.58. The summed E-state index contributed by atoms with van der Waals surface area (Å²) in [5.74, 6) is 0.173. The van der Waals surface area contributed by atoms with Crippen LogP contribution in [-0.2, 0) is 0 Å². The summed E-state index contributed by atoms with van der Waals surface area (Å²) in [7, 11) is 0. The van der Waals surface area contributed by atoms with Crippen molar-refractivity contribution in [3.63, 3.8) is 0 Å². The summed E-state index contributed by atoms with van der Waals surface area (Å²) in [6.45, 7) is 0. The van der Waals surface area contributed by atoms with Crippen molar-refractivity contribution in [3.05, 3.63) is 77.4 Å². The Bertz CT molecular complexity index is 542. The highest BCUT2D eigenvalue weighted by molar-refractivity contribution is 5.58. The Labute approximate surface area is 107 Å². The van der Waals surface area contributed by atoms with Crippen molar-refractivity contribution in [1.82, 2.24) is 0 Å². The van der Waals surface area contributed by atoms with Crippen LogP contribution in [0.3, 0.4) is 0 Å². The first-order valence-electron chi connectivity index (χ1n) is 6.33. The van der Waals surface area contributed by atoms with E-state index < -0.39 is 0 Å². The van der Waals surface area contributed by atoms with E-state index in [-0.39, 0.29) is 12.0 Å².